The zero-order valence-electron chi connectivity index (χ0n) is 12.0. The Morgan fingerprint density at radius 2 is 2.10 bits per heavy atom. The van der Waals surface area contributed by atoms with Crippen molar-refractivity contribution in [1.82, 2.24) is 20.2 Å². The van der Waals surface area contributed by atoms with Gasteiger partial charge in [-0.25, -0.2) is 15.8 Å². The van der Waals surface area contributed by atoms with Crippen LogP contribution in [0.1, 0.15) is 30.3 Å². The molecule has 0 aromatic carbocycles. The molecule has 1 aromatic heterocycles. The molecule has 0 saturated carbocycles. The first-order valence-electron chi connectivity index (χ1n) is 6.78. The van der Waals surface area contributed by atoms with Crippen LogP contribution in [0.15, 0.2) is 12.4 Å². The Balaban J connectivity index is 1.88. The summed E-state index contributed by atoms with van der Waals surface area (Å²) in [6.07, 6.45) is 5.03. The highest BCUT2D eigenvalue weighted by Gasteiger charge is 2.29. The average molecular weight is 278 g/mol. The first kappa shape index (κ1) is 14.7. The number of rotatable bonds is 4. The van der Waals surface area contributed by atoms with Gasteiger partial charge in [-0.15, -0.1) is 0 Å². The third-order valence-corrected chi connectivity index (χ3v) is 3.90. The summed E-state index contributed by atoms with van der Waals surface area (Å²) >= 11 is 0. The van der Waals surface area contributed by atoms with Crippen LogP contribution >= 0.6 is 0 Å². The topological polar surface area (TPSA) is 96.2 Å². The molecule has 2 rings (SSSR count). The Labute approximate surface area is 118 Å². The van der Waals surface area contributed by atoms with Gasteiger partial charge in [0.1, 0.15) is 5.69 Å². The Morgan fingerprint density at radius 1 is 1.40 bits per heavy atom. The molecule has 0 unspecified atom stereocenters. The van der Waals surface area contributed by atoms with Gasteiger partial charge in [0.15, 0.2) is 5.82 Å². The highest BCUT2D eigenvalue weighted by Crippen LogP contribution is 2.29. The molecule has 0 spiro atoms. The van der Waals surface area contributed by atoms with Gasteiger partial charge in [-0.3, -0.25) is 4.79 Å². The number of hydrogen-bond donors (Lipinski definition) is 3. The second-order valence-electron chi connectivity index (χ2n) is 5.73. The number of hydrazine groups is 1. The van der Waals surface area contributed by atoms with Crippen LogP contribution in [-0.4, -0.2) is 47.5 Å². The third-order valence-electron chi connectivity index (χ3n) is 3.90. The smallest absolute Gasteiger partial charge is 0.271 e. The first-order valence-corrected chi connectivity index (χ1v) is 6.78. The molecule has 7 heteroatoms. The number of carbonyl (C=O) groups is 1. The monoisotopic (exact) mass is 278 g/mol. The summed E-state index contributed by atoms with van der Waals surface area (Å²) in [4.78, 5) is 22.3. The summed E-state index contributed by atoms with van der Waals surface area (Å²) in [7, 11) is 2.13. The predicted molar refractivity (Wildman–Crippen MR) is 77.0 cm³/mol. The lowest BCUT2D eigenvalue weighted by molar-refractivity contribution is 0.0886. The quantitative estimate of drug-likeness (QED) is 0.539. The van der Waals surface area contributed by atoms with Gasteiger partial charge in [0.05, 0.1) is 12.4 Å². The van der Waals surface area contributed by atoms with Gasteiger partial charge < -0.3 is 15.6 Å². The van der Waals surface area contributed by atoms with Crippen LogP contribution in [0.5, 0.6) is 0 Å². The summed E-state index contributed by atoms with van der Waals surface area (Å²) in [6.45, 7) is 5.03. The Kier molecular flexibility index (Phi) is 4.51. The normalized spacial score (nSPS) is 18.6. The van der Waals surface area contributed by atoms with Gasteiger partial charge in [0.25, 0.3) is 5.91 Å². The molecule has 1 aliphatic heterocycles. The molecule has 0 radical (unpaired) electrons. The largest absolute Gasteiger partial charge is 0.350 e. The second kappa shape index (κ2) is 6.15. The van der Waals surface area contributed by atoms with Gasteiger partial charge in [0, 0.05) is 6.54 Å². The van der Waals surface area contributed by atoms with Crippen molar-refractivity contribution in [3.63, 3.8) is 0 Å². The van der Waals surface area contributed by atoms with Gasteiger partial charge in [-0.05, 0) is 38.4 Å². The fourth-order valence-corrected chi connectivity index (χ4v) is 2.24. The summed E-state index contributed by atoms with van der Waals surface area (Å²) < 4.78 is 0. The van der Waals surface area contributed by atoms with Crippen molar-refractivity contribution in [3.8, 4) is 0 Å². The number of nitrogens with zero attached hydrogens (tertiary/aromatic N) is 3. The van der Waals surface area contributed by atoms with Gasteiger partial charge in [-0.1, -0.05) is 6.92 Å². The predicted octanol–water partition coefficient (Wildman–Crippen LogP) is 0.224. The van der Waals surface area contributed by atoms with Crippen molar-refractivity contribution in [3.05, 3.63) is 18.1 Å². The molecule has 20 heavy (non-hydrogen) atoms. The number of amides is 1. The molecular formula is C13H22N6O. The molecule has 1 aromatic rings. The molecule has 7 nitrogen and oxygen atoms in total. The SMILES string of the molecule is CN1CCC(C)(CNC(=O)c2cnc(NN)cn2)CC1. The van der Waals surface area contributed by atoms with Crippen LogP contribution in [0, 0.1) is 5.41 Å². The minimum Gasteiger partial charge on any atom is -0.350 e. The average Bonchev–Trinajstić information content (AvgIpc) is 2.48. The van der Waals surface area contributed by atoms with Crippen LogP contribution in [0.3, 0.4) is 0 Å². The van der Waals surface area contributed by atoms with Crippen molar-refractivity contribution >= 4 is 11.7 Å². The number of piperidine rings is 1. The number of nitrogens with one attached hydrogen (secondary N) is 2. The summed E-state index contributed by atoms with van der Waals surface area (Å²) in [5.41, 5.74) is 2.84. The lowest BCUT2D eigenvalue weighted by Gasteiger charge is -2.37. The van der Waals surface area contributed by atoms with Crippen molar-refractivity contribution in [2.45, 2.75) is 19.8 Å². The molecule has 2 heterocycles. The van der Waals surface area contributed by atoms with E-state index in [1.807, 2.05) is 0 Å². The van der Waals surface area contributed by atoms with E-state index in [9.17, 15) is 4.79 Å². The first-order chi connectivity index (χ1) is 9.52. The minimum absolute atomic E-state index is 0.161. The third kappa shape index (κ3) is 3.64. The number of likely N-dealkylation sites (tertiary alicyclic amines) is 1. The van der Waals surface area contributed by atoms with Crippen LogP contribution in [-0.2, 0) is 0 Å². The molecule has 1 fully saturated rings. The number of carbonyl (C=O) groups excluding carboxylic acids is 1. The number of anilines is 1. The molecule has 1 saturated heterocycles. The molecular weight excluding hydrogens is 256 g/mol. The molecule has 0 atom stereocenters. The highest BCUT2D eigenvalue weighted by molar-refractivity contribution is 5.92. The van der Waals surface area contributed by atoms with Gasteiger partial charge >= 0.3 is 0 Å². The van der Waals surface area contributed by atoms with Crippen molar-refractivity contribution < 1.29 is 4.79 Å². The van der Waals surface area contributed by atoms with E-state index in [4.69, 9.17) is 5.84 Å². The van der Waals surface area contributed by atoms with E-state index in [1.54, 1.807) is 0 Å². The maximum absolute atomic E-state index is 12.0. The van der Waals surface area contributed by atoms with E-state index >= 15 is 0 Å². The number of nitrogens with two attached hydrogens (primary N) is 1. The minimum atomic E-state index is -0.193. The molecule has 0 bridgehead atoms. The molecule has 110 valence electrons. The number of nitrogen functional groups attached to an aromatic ring is 1. The van der Waals surface area contributed by atoms with E-state index in [0.29, 0.717) is 18.1 Å². The fourth-order valence-electron chi connectivity index (χ4n) is 2.24. The Morgan fingerprint density at radius 3 is 2.65 bits per heavy atom. The second-order valence-corrected chi connectivity index (χ2v) is 5.73. The zero-order chi connectivity index (χ0) is 14.6. The van der Waals surface area contributed by atoms with E-state index in [1.165, 1.54) is 12.4 Å². The van der Waals surface area contributed by atoms with Gasteiger partial charge in [0.2, 0.25) is 0 Å². The molecule has 1 amide bonds. The standard InChI is InChI=1S/C13H22N6O/c1-13(3-5-19(2)6-4-13)9-17-12(20)10-7-16-11(18-14)8-15-10/h7-8H,3-6,9,14H2,1-2H3,(H,16,18)(H,17,20). The van der Waals surface area contributed by atoms with E-state index in [2.05, 4.69) is 39.6 Å². The number of hydrogen-bond acceptors (Lipinski definition) is 6. The lowest BCUT2D eigenvalue weighted by Crippen LogP contribution is -2.43. The highest BCUT2D eigenvalue weighted by atomic mass is 16.1. The molecule has 4 N–H and O–H groups in total. The van der Waals surface area contributed by atoms with Gasteiger partial charge in [-0.2, -0.15) is 0 Å². The number of aromatic nitrogens is 2. The van der Waals surface area contributed by atoms with Crippen molar-refractivity contribution in [1.29, 1.82) is 0 Å². The van der Waals surface area contributed by atoms with Crippen LogP contribution < -0.4 is 16.6 Å². The maximum atomic E-state index is 12.0. The Bertz CT molecular complexity index is 452. The molecule has 1 aliphatic rings. The van der Waals surface area contributed by atoms with E-state index in [0.717, 1.165) is 25.9 Å². The summed E-state index contributed by atoms with van der Waals surface area (Å²) in [6, 6.07) is 0. The van der Waals surface area contributed by atoms with E-state index < -0.39 is 0 Å². The van der Waals surface area contributed by atoms with Crippen molar-refractivity contribution in [2.24, 2.45) is 11.3 Å². The summed E-state index contributed by atoms with van der Waals surface area (Å²) in [5, 5.41) is 2.95. The van der Waals surface area contributed by atoms with E-state index in [-0.39, 0.29) is 11.3 Å². The fraction of sp³-hybridized carbons (Fsp3) is 0.615. The molecule has 0 aliphatic carbocycles. The maximum Gasteiger partial charge on any atom is 0.271 e. The van der Waals surface area contributed by atoms with Crippen LogP contribution in [0.2, 0.25) is 0 Å². The lowest BCUT2D eigenvalue weighted by atomic mass is 9.80. The zero-order valence-corrected chi connectivity index (χ0v) is 12.0. The summed E-state index contributed by atoms with van der Waals surface area (Å²) in [5.74, 6) is 5.44. The van der Waals surface area contributed by atoms with Crippen LogP contribution in [0.4, 0.5) is 5.82 Å². The Hall–Kier alpha value is -1.73. The van der Waals surface area contributed by atoms with Crippen molar-refractivity contribution in [2.75, 3.05) is 32.1 Å². The van der Waals surface area contributed by atoms with Crippen LogP contribution in [0.25, 0.3) is 0 Å².